The lowest BCUT2D eigenvalue weighted by Crippen LogP contribution is -2.29. The number of methoxy groups -OCH3 is 3. The van der Waals surface area contributed by atoms with E-state index in [1.807, 2.05) is 31.2 Å². The molecule has 1 heterocycles. The zero-order valence-electron chi connectivity index (χ0n) is 16.3. The number of carbonyl (C=O) groups excluding carboxylic acids is 1. The van der Waals surface area contributed by atoms with E-state index in [1.165, 1.54) is 26.2 Å². The number of rotatable bonds is 7. The summed E-state index contributed by atoms with van der Waals surface area (Å²) in [4.78, 5) is 14.2. The van der Waals surface area contributed by atoms with Gasteiger partial charge < -0.3 is 23.5 Å². The summed E-state index contributed by atoms with van der Waals surface area (Å²) in [6, 6.07) is 10.7. The summed E-state index contributed by atoms with van der Waals surface area (Å²) in [6.45, 7) is 2.47. The van der Waals surface area contributed by atoms with Gasteiger partial charge in [0.05, 0.1) is 33.6 Å². The SMILES string of the molecule is CCOc1ccc(C2N(c3cc(OC)c(OC)c(OC)c3)C(=O)C[S+]2[O-])cc1. The highest BCUT2D eigenvalue weighted by molar-refractivity contribution is 7.93. The fourth-order valence-corrected chi connectivity index (χ4v) is 4.68. The highest BCUT2D eigenvalue weighted by Gasteiger charge is 2.45. The van der Waals surface area contributed by atoms with Gasteiger partial charge in [0.25, 0.3) is 5.91 Å². The van der Waals surface area contributed by atoms with E-state index >= 15 is 0 Å². The first-order valence-electron chi connectivity index (χ1n) is 8.76. The first-order chi connectivity index (χ1) is 13.5. The molecule has 2 aromatic rings. The molecule has 150 valence electrons. The van der Waals surface area contributed by atoms with Crippen molar-refractivity contribution in [3.8, 4) is 23.0 Å². The van der Waals surface area contributed by atoms with Gasteiger partial charge in [-0.15, -0.1) is 0 Å². The summed E-state index contributed by atoms with van der Waals surface area (Å²) in [7, 11) is 4.53. The van der Waals surface area contributed by atoms with Gasteiger partial charge in [0.1, 0.15) is 5.75 Å². The second kappa shape index (κ2) is 8.62. The molecule has 0 spiro atoms. The lowest BCUT2D eigenvalue weighted by Gasteiger charge is -2.25. The molecule has 0 aromatic heterocycles. The van der Waals surface area contributed by atoms with Crippen molar-refractivity contribution in [2.75, 3.05) is 38.6 Å². The summed E-state index contributed by atoms with van der Waals surface area (Å²) >= 11 is -1.38. The van der Waals surface area contributed by atoms with E-state index < -0.39 is 16.5 Å². The van der Waals surface area contributed by atoms with Gasteiger partial charge in [-0.1, -0.05) is 0 Å². The van der Waals surface area contributed by atoms with Crippen LogP contribution in [0.4, 0.5) is 5.69 Å². The molecular weight excluding hydrogens is 382 g/mol. The van der Waals surface area contributed by atoms with Crippen LogP contribution in [0, 0.1) is 0 Å². The van der Waals surface area contributed by atoms with Gasteiger partial charge in [0.15, 0.2) is 17.3 Å². The van der Waals surface area contributed by atoms with Crippen molar-refractivity contribution in [1.29, 1.82) is 0 Å². The Kier molecular flexibility index (Phi) is 6.21. The Morgan fingerprint density at radius 3 is 2.18 bits per heavy atom. The maximum absolute atomic E-state index is 12.7. The largest absolute Gasteiger partial charge is 0.614 e. The molecule has 28 heavy (non-hydrogen) atoms. The topological polar surface area (TPSA) is 80.3 Å². The normalized spacial score (nSPS) is 18.9. The van der Waals surface area contributed by atoms with Crippen molar-refractivity contribution in [3.05, 3.63) is 42.0 Å². The molecule has 2 atom stereocenters. The van der Waals surface area contributed by atoms with Crippen LogP contribution in [0.1, 0.15) is 17.9 Å². The average Bonchev–Trinajstić information content (AvgIpc) is 3.01. The van der Waals surface area contributed by atoms with Gasteiger partial charge in [0, 0.05) is 17.7 Å². The Morgan fingerprint density at radius 2 is 1.68 bits per heavy atom. The first kappa shape index (κ1) is 20.2. The lowest BCUT2D eigenvalue weighted by molar-refractivity contribution is -0.115. The average molecular weight is 405 g/mol. The van der Waals surface area contributed by atoms with Crippen LogP contribution in [-0.2, 0) is 16.0 Å². The molecule has 1 aliphatic heterocycles. The van der Waals surface area contributed by atoms with Crippen LogP contribution >= 0.6 is 0 Å². The van der Waals surface area contributed by atoms with Crippen molar-refractivity contribution in [2.45, 2.75) is 12.3 Å². The second-order valence-corrected chi connectivity index (χ2v) is 7.52. The summed E-state index contributed by atoms with van der Waals surface area (Å²) in [5, 5.41) is -0.606. The Labute approximate surface area is 167 Å². The molecule has 2 aromatic carbocycles. The van der Waals surface area contributed by atoms with E-state index in [1.54, 1.807) is 12.1 Å². The molecule has 1 saturated heterocycles. The fraction of sp³-hybridized carbons (Fsp3) is 0.350. The monoisotopic (exact) mass is 405 g/mol. The van der Waals surface area contributed by atoms with E-state index in [0.717, 1.165) is 11.3 Å². The molecule has 1 fully saturated rings. The van der Waals surface area contributed by atoms with Gasteiger partial charge >= 0.3 is 0 Å². The molecule has 3 rings (SSSR count). The number of hydrogen-bond donors (Lipinski definition) is 0. The molecule has 7 nitrogen and oxygen atoms in total. The van der Waals surface area contributed by atoms with Crippen LogP contribution < -0.4 is 23.8 Å². The first-order valence-corrected chi connectivity index (χ1v) is 10.1. The fourth-order valence-electron chi connectivity index (χ4n) is 3.20. The molecule has 0 aliphatic carbocycles. The van der Waals surface area contributed by atoms with Crippen LogP contribution in [0.25, 0.3) is 0 Å². The summed E-state index contributed by atoms with van der Waals surface area (Å²) in [5.74, 6) is 1.72. The number of ether oxygens (including phenoxy) is 4. The summed E-state index contributed by atoms with van der Waals surface area (Å²) in [5.41, 5.74) is 1.30. The van der Waals surface area contributed by atoms with Gasteiger partial charge in [-0.3, -0.25) is 9.69 Å². The predicted molar refractivity (Wildman–Crippen MR) is 107 cm³/mol. The number of hydrogen-bond acceptors (Lipinski definition) is 6. The molecule has 1 amide bonds. The van der Waals surface area contributed by atoms with Crippen molar-refractivity contribution < 1.29 is 28.3 Å². The summed E-state index contributed by atoms with van der Waals surface area (Å²) in [6.07, 6.45) is 0. The predicted octanol–water partition coefficient (Wildman–Crippen LogP) is 2.91. The third kappa shape index (κ3) is 3.70. The van der Waals surface area contributed by atoms with E-state index in [4.69, 9.17) is 18.9 Å². The van der Waals surface area contributed by atoms with Crippen molar-refractivity contribution >= 4 is 22.8 Å². The van der Waals surface area contributed by atoms with Crippen LogP contribution in [-0.4, -0.2) is 44.1 Å². The van der Waals surface area contributed by atoms with Gasteiger partial charge in [0.2, 0.25) is 11.1 Å². The third-order valence-electron chi connectivity index (χ3n) is 4.42. The van der Waals surface area contributed by atoms with E-state index in [2.05, 4.69) is 0 Å². The Bertz CT molecular complexity index is 816. The van der Waals surface area contributed by atoms with E-state index in [9.17, 15) is 9.35 Å². The maximum Gasteiger partial charge on any atom is 0.281 e. The smallest absolute Gasteiger partial charge is 0.281 e. The van der Waals surface area contributed by atoms with Crippen molar-refractivity contribution in [3.63, 3.8) is 0 Å². The second-order valence-electron chi connectivity index (χ2n) is 6.03. The van der Waals surface area contributed by atoms with Gasteiger partial charge in [-0.2, -0.15) is 0 Å². The molecular formula is C20H23NO6S. The number of benzene rings is 2. The van der Waals surface area contributed by atoms with Gasteiger partial charge in [-0.05, 0) is 42.4 Å². The van der Waals surface area contributed by atoms with Crippen LogP contribution in [0.5, 0.6) is 23.0 Å². The van der Waals surface area contributed by atoms with Crippen LogP contribution in [0.2, 0.25) is 0 Å². The highest BCUT2D eigenvalue weighted by Crippen LogP contribution is 2.45. The molecule has 0 saturated carbocycles. The Hall–Kier alpha value is -2.58. The number of amides is 1. The minimum Gasteiger partial charge on any atom is -0.614 e. The molecule has 0 N–H and O–H groups in total. The molecule has 8 heteroatoms. The molecule has 0 bridgehead atoms. The zero-order valence-corrected chi connectivity index (χ0v) is 17.1. The standard InChI is InChI=1S/C20H23NO6S/c1-5-27-15-8-6-13(7-9-15)20-21(18(22)12-28(20)23)14-10-16(24-2)19(26-4)17(11-14)25-3/h6-11,20H,5,12H2,1-4H3. The molecule has 2 unspecified atom stereocenters. The number of anilines is 1. The van der Waals surface area contributed by atoms with Gasteiger partial charge in [-0.25, -0.2) is 0 Å². The molecule has 1 aliphatic rings. The number of nitrogens with zero attached hydrogens (tertiary/aromatic N) is 1. The minimum atomic E-state index is -1.38. The van der Waals surface area contributed by atoms with E-state index in [-0.39, 0.29) is 11.7 Å². The Morgan fingerprint density at radius 1 is 1.07 bits per heavy atom. The lowest BCUT2D eigenvalue weighted by atomic mass is 10.1. The minimum absolute atomic E-state index is 0.0471. The van der Waals surface area contributed by atoms with Crippen LogP contribution in [0.15, 0.2) is 36.4 Å². The summed E-state index contributed by atoms with van der Waals surface area (Å²) < 4.78 is 34.3. The van der Waals surface area contributed by atoms with E-state index in [0.29, 0.717) is 29.5 Å². The third-order valence-corrected chi connectivity index (χ3v) is 5.93. The zero-order chi connectivity index (χ0) is 20.3. The maximum atomic E-state index is 12.7. The quantitative estimate of drug-likeness (QED) is 0.659. The highest BCUT2D eigenvalue weighted by atomic mass is 32.2. The van der Waals surface area contributed by atoms with Crippen LogP contribution in [0.3, 0.4) is 0 Å². The van der Waals surface area contributed by atoms with Crippen molar-refractivity contribution in [2.24, 2.45) is 0 Å². The Balaban J connectivity index is 2.04. The van der Waals surface area contributed by atoms with Crippen molar-refractivity contribution in [1.82, 2.24) is 0 Å². The molecule has 0 radical (unpaired) electrons. The number of carbonyl (C=O) groups is 1.